The van der Waals surface area contributed by atoms with E-state index in [1.165, 1.54) is 12.1 Å². The molecule has 0 aliphatic heterocycles. The van der Waals surface area contributed by atoms with Crippen molar-refractivity contribution in [3.05, 3.63) is 115 Å². The van der Waals surface area contributed by atoms with Crippen molar-refractivity contribution in [2.24, 2.45) is 0 Å². The first-order chi connectivity index (χ1) is 14.4. The van der Waals surface area contributed by atoms with E-state index in [4.69, 9.17) is 4.42 Å². The van der Waals surface area contributed by atoms with Gasteiger partial charge >= 0.3 is 5.63 Å². The first kappa shape index (κ1) is 22.2. The summed E-state index contributed by atoms with van der Waals surface area (Å²) in [4.78, 5) is 22.4. The van der Waals surface area contributed by atoms with Crippen molar-refractivity contribution in [3.63, 3.8) is 0 Å². The molecule has 4 aromatic rings. The molecular weight excluding hydrogens is 416 g/mol. The summed E-state index contributed by atoms with van der Waals surface area (Å²) >= 11 is 0. The zero-order valence-electron chi connectivity index (χ0n) is 17.2. The van der Waals surface area contributed by atoms with Crippen molar-refractivity contribution in [2.75, 3.05) is 0 Å². The minimum atomic E-state index is -0.397. The number of nitrogens with zero attached hydrogens (tertiary/aromatic N) is 2. The molecule has 4 rings (SSSR count). The van der Waals surface area contributed by atoms with E-state index in [2.05, 4.69) is 6.07 Å². The summed E-state index contributed by atoms with van der Waals surface area (Å²) < 4.78 is 7.39. The number of pyridine rings is 1. The molecule has 0 atom stereocenters. The highest BCUT2D eigenvalue weighted by Gasteiger charge is 2.12. The molecule has 0 spiro atoms. The monoisotopic (exact) mass is 436 g/mol. The fourth-order valence-electron chi connectivity index (χ4n) is 3.49. The maximum absolute atomic E-state index is 12.0. The Bertz CT molecular complexity index is 1300. The number of fused-ring (bicyclic) bond motifs is 1. The van der Waals surface area contributed by atoms with Gasteiger partial charge in [0.1, 0.15) is 5.58 Å². The number of aryl methyl sites for hydroxylation is 2. The average molecular weight is 437 g/mol. The van der Waals surface area contributed by atoms with Gasteiger partial charge in [-0.1, -0.05) is 12.1 Å². The SMILES string of the molecule is Cc1cc2oc(=O)cc(C[n+]3ccc(Cc4ccc([N+](=O)[O-])cc4)cc3)c2cc1C.[Cl-]. The number of hydrogen-bond donors (Lipinski definition) is 0. The molecule has 0 bridgehead atoms. The minimum Gasteiger partial charge on any atom is -1.00 e. The van der Waals surface area contributed by atoms with Gasteiger partial charge in [0.05, 0.1) is 4.92 Å². The van der Waals surface area contributed by atoms with Gasteiger partial charge in [-0.2, -0.15) is 0 Å². The van der Waals surface area contributed by atoms with Crippen molar-refractivity contribution in [1.82, 2.24) is 0 Å². The second-order valence-corrected chi connectivity index (χ2v) is 7.50. The van der Waals surface area contributed by atoms with Gasteiger partial charge in [0.2, 0.25) is 0 Å². The Labute approximate surface area is 185 Å². The van der Waals surface area contributed by atoms with Crippen LogP contribution in [-0.4, -0.2) is 4.92 Å². The summed E-state index contributed by atoms with van der Waals surface area (Å²) in [5, 5.41) is 11.7. The molecule has 0 aliphatic rings. The molecule has 2 aromatic carbocycles. The Morgan fingerprint density at radius 3 is 2.19 bits per heavy atom. The number of aromatic nitrogens is 1. The van der Waals surface area contributed by atoms with Crippen LogP contribution >= 0.6 is 0 Å². The largest absolute Gasteiger partial charge is 1.00 e. The van der Waals surface area contributed by atoms with Crippen molar-refractivity contribution >= 4 is 16.7 Å². The number of nitro benzene ring substituents is 1. The van der Waals surface area contributed by atoms with Crippen molar-refractivity contribution in [3.8, 4) is 0 Å². The third kappa shape index (κ3) is 4.98. The molecule has 2 heterocycles. The van der Waals surface area contributed by atoms with Crippen LogP contribution in [0.4, 0.5) is 5.69 Å². The van der Waals surface area contributed by atoms with Gasteiger partial charge in [-0.05, 0) is 54.7 Å². The molecule has 0 saturated carbocycles. The van der Waals surface area contributed by atoms with Crippen LogP contribution in [0.3, 0.4) is 0 Å². The number of halogens is 1. The lowest BCUT2D eigenvalue weighted by Crippen LogP contribution is -3.00. The van der Waals surface area contributed by atoms with Crippen molar-refractivity contribution in [1.29, 1.82) is 0 Å². The van der Waals surface area contributed by atoms with Gasteiger partial charge in [0, 0.05) is 41.3 Å². The Kier molecular flexibility index (Phi) is 6.51. The number of hydrogen-bond acceptors (Lipinski definition) is 4. The standard InChI is InChI=1S/C24H21N2O4.ClH/c1-16-11-22-20(14-24(27)30-23(22)12-17(16)2)15-25-9-7-19(8-10-25)13-18-3-5-21(6-4-18)26(28)29;/h3-12,14H,13,15H2,1-2H3;1H/q+1;/p-1. The van der Waals surface area contributed by atoms with Crippen LogP contribution in [0.2, 0.25) is 0 Å². The summed E-state index contributed by atoms with van der Waals surface area (Å²) in [5.74, 6) is 0. The second kappa shape index (κ2) is 9.10. The van der Waals surface area contributed by atoms with E-state index >= 15 is 0 Å². The molecule has 0 amide bonds. The summed E-state index contributed by atoms with van der Waals surface area (Å²) in [6.07, 6.45) is 4.64. The van der Waals surface area contributed by atoms with Crippen LogP contribution in [-0.2, 0) is 13.0 Å². The lowest BCUT2D eigenvalue weighted by molar-refractivity contribution is -0.688. The lowest BCUT2D eigenvalue weighted by atomic mass is 10.0. The fourth-order valence-corrected chi connectivity index (χ4v) is 3.49. The third-order valence-electron chi connectivity index (χ3n) is 5.31. The molecule has 6 nitrogen and oxygen atoms in total. The van der Waals surface area contributed by atoms with Crippen LogP contribution in [0.1, 0.15) is 27.8 Å². The maximum Gasteiger partial charge on any atom is 0.336 e. The Morgan fingerprint density at radius 1 is 0.935 bits per heavy atom. The molecule has 158 valence electrons. The van der Waals surface area contributed by atoms with Gasteiger partial charge in [0.15, 0.2) is 18.9 Å². The van der Waals surface area contributed by atoms with E-state index < -0.39 is 4.92 Å². The quantitative estimate of drug-likeness (QED) is 0.204. The van der Waals surface area contributed by atoms with E-state index in [9.17, 15) is 14.9 Å². The highest BCUT2D eigenvalue weighted by molar-refractivity contribution is 5.81. The topological polar surface area (TPSA) is 77.2 Å². The number of rotatable bonds is 5. The van der Waals surface area contributed by atoms with Gasteiger partial charge in [0.25, 0.3) is 5.69 Å². The maximum atomic E-state index is 12.0. The zero-order valence-corrected chi connectivity index (χ0v) is 17.9. The van der Waals surface area contributed by atoms with Gasteiger partial charge < -0.3 is 16.8 Å². The van der Waals surface area contributed by atoms with E-state index in [1.807, 2.05) is 49.0 Å². The number of non-ortho nitro benzene ring substituents is 1. The van der Waals surface area contributed by atoms with Crippen LogP contribution in [0, 0.1) is 24.0 Å². The smallest absolute Gasteiger partial charge is 0.336 e. The summed E-state index contributed by atoms with van der Waals surface area (Å²) in [6, 6.07) is 16.2. The summed E-state index contributed by atoms with van der Waals surface area (Å²) in [6.45, 7) is 4.60. The molecule has 31 heavy (non-hydrogen) atoms. The predicted octanol–water partition coefficient (Wildman–Crippen LogP) is 1.25. The second-order valence-electron chi connectivity index (χ2n) is 7.50. The van der Waals surface area contributed by atoms with E-state index in [0.717, 1.165) is 33.2 Å². The minimum absolute atomic E-state index is 0. The first-order valence-corrected chi connectivity index (χ1v) is 9.64. The van der Waals surface area contributed by atoms with Gasteiger partial charge in [-0.15, -0.1) is 0 Å². The van der Waals surface area contributed by atoms with Gasteiger partial charge in [-0.3, -0.25) is 10.1 Å². The zero-order chi connectivity index (χ0) is 21.3. The molecular formula is C24H21ClN2O4. The Hall–Kier alpha value is -3.51. The molecule has 0 fully saturated rings. The molecule has 2 aromatic heterocycles. The lowest BCUT2D eigenvalue weighted by Gasteiger charge is -2.07. The van der Waals surface area contributed by atoms with Crippen LogP contribution in [0.15, 0.2) is 76.2 Å². The molecule has 0 aliphatic carbocycles. The molecule has 7 heteroatoms. The predicted molar refractivity (Wildman–Crippen MR) is 114 cm³/mol. The van der Waals surface area contributed by atoms with Crippen LogP contribution in [0.25, 0.3) is 11.0 Å². The number of nitro groups is 1. The summed E-state index contributed by atoms with van der Waals surface area (Å²) in [7, 11) is 0. The van der Waals surface area contributed by atoms with Crippen molar-refractivity contribution in [2.45, 2.75) is 26.8 Å². The normalized spacial score (nSPS) is 10.6. The highest BCUT2D eigenvalue weighted by atomic mass is 35.5. The van der Waals surface area contributed by atoms with Crippen LogP contribution in [0.5, 0.6) is 0 Å². The van der Waals surface area contributed by atoms with Gasteiger partial charge in [-0.25, -0.2) is 9.36 Å². The number of benzene rings is 2. The Balaban J connectivity index is 0.00000272. The average Bonchev–Trinajstić information content (AvgIpc) is 2.71. The third-order valence-corrected chi connectivity index (χ3v) is 5.31. The van der Waals surface area contributed by atoms with E-state index in [1.54, 1.807) is 18.2 Å². The molecule has 0 radical (unpaired) electrons. The van der Waals surface area contributed by atoms with Crippen molar-refractivity contribution < 1.29 is 26.3 Å². The summed E-state index contributed by atoms with van der Waals surface area (Å²) in [5.41, 5.74) is 5.62. The molecule has 0 N–H and O–H groups in total. The van der Waals surface area contributed by atoms with E-state index in [-0.39, 0.29) is 23.7 Å². The molecule has 0 unspecified atom stereocenters. The van der Waals surface area contributed by atoms with Crippen LogP contribution < -0.4 is 22.6 Å². The first-order valence-electron chi connectivity index (χ1n) is 9.64. The van der Waals surface area contributed by atoms with E-state index in [0.29, 0.717) is 18.5 Å². The Morgan fingerprint density at radius 2 is 1.55 bits per heavy atom. The highest BCUT2D eigenvalue weighted by Crippen LogP contribution is 2.21. The fraction of sp³-hybridized carbons (Fsp3) is 0.167. The molecule has 0 saturated heterocycles.